The Morgan fingerprint density at radius 3 is 2.79 bits per heavy atom. The van der Waals surface area contributed by atoms with Crippen LogP contribution in [0.25, 0.3) is 0 Å². The van der Waals surface area contributed by atoms with E-state index in [0.717, 1.165) is 38.2 Å². The number of aryl methyl sites for hydroxylation is 2. The highest BCUT2D eigenvalue weighted by Gasteiger charge is 2.11. The van der Waals surface area contributed by atoms with Crippen molar-refractivity contribution in [2.24, 2.45) is 0 Å². The number of carbonyl (C=O) groups is 1. The van der Waals surface area contributed by atoms with Crippen molar-refractivity contribution in [2.75, 3.05) is 13.7 Å². The minimum absolute atomic E-state index is 0.161. The smallest absolute Gasteiger partial charge is 0.305 e. The summed E-state index contributed by atoms with van der Waals surface area (Å²) in [5.74, 6) is -0.161. The minimum atomic E-state index is -0.161. The number of carbonyl (C=O) groups excluding carboxylic acids is 1. The molecule has 0 radical (unpaired) electrons. The van der Waals surface area contributed by atoms with E-state index in [2.05, 4.69) is 29.0 Å². The van der Waals surface area contributed by atoms with Crippen molar-refractivity contribution in [3.63, 3.8) is 0 Å². The number of nitrogens with one attached hydrogen (secondary N) is 1. The van der Waals surface area contributed by atoms with Gasteiger partial charge in [0, 0.05) is 30.8 Å². The largest absolute Gasteiger partial charge is 0.469 e. The predicted molar refractivity (Wildman–Crippen MR) is 74.9 cm³/mol. The number of hydrogen-bond donors (Lipinski definition) is 1. The molecule has 5 nitrogen and oxygen atoms in total. The first-order chi connectivity index (χ1) is 9.10. The first-order valence-electron chi connectivity index (χ1n) is 6.90. The molecule has 1 aromatic heterocycles. The van der Waals surface area contributed by atoms with Gasteiger partial charge in [-0.2, -0.15) is 5.10 Å². The van der Waals surface area contributed by atoms with E-state index in [0.29, 0.717) is 6.42 Å². The highest BCUT2D eigenvalue weighted by molar-refractivity contribution is 5.68. The number of ether oxygens (including phenoxy) is 1. The van der Waals surface area contributed by atoms with Gasteiger partial charge in [-0.15, -0.1) is 0 Å². The maximum absolute atomic E-state index is 11.1. The molecule has 1 aromatic rings. The molecule has 0 aliphatic rings. The Balaban J connectivity index is 2.55. The average Bonchev–Trinajstić information content (AvgIpc) is 2.66. The van der Waals surface area contributed by atoms with Crippen LogP contribution in [0.1, 0.15) is 43.1 Å². The molecular formula is C14H25N3O2. The first-order valence-corrected chi connectivity index (χ1v) is 6.90. The van der Waals surface area contributed by atoms with E-state index in [-0.39, 0.29) is 5.97 Å². The Bertz CT molecular complexity index is 413. The monoisotopic (exact) mass is 267 g/mol. The molecule has 0 bridgehead atoms. The van der Waals surface area contributed by atoms with Gasteiger partial charge >= 0.3 is 5.97 Å². The zero-order valence-electron chi connectivity index (χ0n) is 12.5. The van der Waals surface area contributed by atoms with Crippen molar-refractivity contribution in [3.8, 4) is 0 Å². The maximum Gasteiger partial charge on any atom is 0.305 e. The van der Waals surface area contributed by atoms with Gasteiger partial charge in [0.25, 0.3) is 0 Å². The van der Waals surface area contributed by atoms with E-state index >= 15 is 0 Å². The number of aromatic nitrogens is 2. The molecule has 0 aromatic carbocycles. The lowest BCUT2D eigenvalue weighted by atomic mass is 10.2. The molecule has 1 heterocycles. The van der Waals surface area contributed by atoms with Gasteiger partial charge in [0.05, 0.1) is 12.8 Å². The zero-order chi connectivity index (χ0) is 14.3. The van der Waals surface area contributed by atoms with Crippen molar-refractivity contribution in [1.29, 1.82) is 0 Å². The van der Waals surface area contributed by atoms with Gasteiger partial charge in [-0.05, 0) is 33.2 Å². The molecule has 0 atom stereocenters. The fourth-order valence-electron chi connectivity index (χ4n) is 2.07. The molecule has 108 valence electrons. The lowest BCUT2D eigenvalue weighted by Crippen LogP contribution is -2.15. The third kappa shape index (κ3) is 4.67. The molecule has 1 rings (SSSR count). The van der Waals surface area contributed by atoms with Crippen LogP contribution in [0.3, 0.4) is 0 Å². The fourth-order valence-corrected chi connectivity index (χ4v) is 2.07. The van der Waals surface area contributed by atoms with E-state index in [1.807, 2.05) is 11.6 Å². The van der Waals surface area contributed by atoms with E-state index in [1.165, 1.54) is 18.4 Å². The van der Waals surface area contributed by atoms with Crippen LogP contribution < -0.4 is 5.32 Å². The SMILES string of the molecule is CCCNCc1c(C)nn(CCCC(=O)OC)c1C. The lowest BCUT2D eigenvalue weighted by Gasteiger charge is -2.06. The summed E-state index contributed by atoms with van der Waals surface area (Å²) in [6.45, 7) is 8.92. The van der Waals surface area contributed by atoms with Crippen LogP contribution in [0.2, 0.25) is 0 Å². The molecule has 1 N–H and O–H groups in total. The molecule has 0 saturated carbocycles. The Labute approximate surface area is 115 Å². The van der Waals surface area contributed by atoms with Crippen LogP contribution in [-0.2, 0) is 22.6 Å². The predicted octanol–water partition coefficient (Wildman–Crippen LogP) is 1.95. The van der Waals surface area contributed by atoms with Crippen molar-refractivity contribution in [1.82, 2.24) is 15.1 Å². The normalized spacial score (nSPS) is 10.7. The van der Waals surface area contributed by atoms with Crippen molar-refractivity contribution >= 4 is 5.97 Å². The van der Waals surface area contributed by atoms with Crippen molar-refractivity contribution in [2.45, 2.75) is 53.1 Å². The standard InChI is InChI=1S/C14H25N3O2/c1-5-8-15-10-13-11(2)16-17(12(13)3)9-6-7-14(18)19-4/h15H,5-10H2,1-4H3. The highest BCUT2D eigenvalue weighted by atomic mass is 16.5. The summed E-state index contributed by atoms with van der Waals surface area (Å²) in [4.78, 5) is 11.1. The fraction of sp³-hybridized carbons (Fsp3) is 0.714. The van der Waals surface area contributed by atoms with E-state index in [4.69, 9.17) is 0 Å². The second-order valence-electron chi connectivity index (χ2n) is 4.73. The summed E-state index contributed by atoms with van der Waals surface area (Å²) in [6.07, 6.45) is 2.33. The molecule has 5 heteroatoms. The van der Waals surface area contributed by atoms with E-state index in [1.54, 1.807) is 0 Å². The molecule has 0 unspecified atom stereocenters. The third-order valence-corrected chi connectivity index (χ3v) is 3.24. The quantitative estimate of drug-likeness (QED) is 0.578. The summed E-state index contributed by atoms with van der Waals surface area (Å²) in [7, 11) is 1.42. The van der Waals surface area contributed by atoms with Gasteiger partial charge in [-0.3, -0.25) is 9.48 Å². The Kier molecular flexibility index (Phi) is 6.56. The number of rotatable bonds is 8. The molecule has 0 aliphatic carbocycles. The third-order valence-electron chi connectivity index (χ3n) is 3.24. The zero-order valence-corrected chi connectivity index (χ0v) is 12.5. The van der Waals surface area contributed by atoms with Gasteiger partial charge in [-0.1, -0.05) is 6.92 Å². The highest BCUT2D eigenvalue weighted by Crippen LogP contribution is 2.13. The first kappa shape index (κ1) is 15.7. The Hall–Kier alpha value is -1.36. The second kappa shape index (κ2) is 7.94. The summed E-state index contributed by atoms with van der Waals surface area (Å²) >= 11 is 0. The van der Waals surface area contributed by atoms with Crippen molar-refractivity contribution in [3.05, 3.63) is 17.0 Å². The minimum Gasteiger partial charge on any atom is -0.469 e. The lowest BCUT2D eigenvalue weighted by molar-refractivity contribution is -0.140. The number of methoxy groups -OCH3 is 1. The number of nitrogens with zero attached hydrogens (tertiary/aromatic N) is 2. The van der Waals surface area contributed by atoms with Gasteiger partial charge in [0.1, 0.15) is 0 Å². The average molecular weight is 267 g/mol. The van der Waals surface area contributed by atoms with Crippen LogP contribution in [0, 0.1) is 13.8 Å². The van der Waals surface area contributed by atoms with E-state index in [9.17, 15) is 4.79 Å². The molecule has 0 spiro atoms. The van der Waals surface area contributed by atoms with Gasteiger partial charge in [0.2, 0.25) is 0 Å². The van der Waals surface area contributed by atoms with E-state index < -0.39 is 0 Å². The van der Waals surface area contributed by atoms with Crippen LogP contribution in [0.5, 0.6) is 0 Å². The number of hydrogen-bond acceptors (Lipinski definition) is 4. The molecule has 0 aliphatic heterocycles. The topological polar surface area (TPSA) is 56.2 Å². The molecule has 0 fully saturated rings. The van der Waals surface area contributed by atoms with Crippen LogP contribution in [0.15, 0.2) is 0 Å². The number of esters is 1. The Morgan fingerprint density at radius 2 is 2.16 bits per heavy atom. The molecular weight excluding hydrogens is 242 g/mol. The van der Waals surface area contributed by atoms with Crippen molar-refractivity contribution < 1.29 is 9.53 Å². The summed E-state index contributed by atoms with van der Waals surface area (Å²) in [5, 5.41) is 7.94. The molecule has 0 saturated heterocycles. The molecule has 0 amide bonds. The summed E-state index contributed by atoms with van der Waals surface area (Å²) in [5.41, 5.74) is 3.52. The van der Waals surface area contributed by atoms with Gasteiger partial charge in [0.15, 0.2) is 0 Å². The van der Waals surface area contributed by atoms with Gasteiger partial charge in [-0.25, -0.2) is 0 Å². The van der Waals surface area contributed by atoms with Crippen LogP contribution in [0.4, 0.5) is 0 Å². The van der Waals surface area contributed by atoms with Gasteiger partial charge < -0.3 is 10.1 Å². The summed E-state index contributed by atoms with van der Waals surface area (Å²) in [6, 6.07) is 0. The van der Waals surface area contributed by atoms with Crippen LogP contribution in [-0.4, -0.2) is 29.4 Å². The second-order valence-corrected chi connectivity index (χ2v) is 4.73. The maximum atomic E-state index is 11.1. The van der Waals surface area contributed by atoms with Crippen LogP contribution >= 0.6 is 0 Å². The molecule has 19 heavy (non-hydrogen) atoms. The Morgan fingerprint density at radius 1 is 1.42 bits per heavy atom. The summed E-state index contributed by atoms with van der Waals surface area (Å²) < 4.78 is 6.62.